The lowest BCUT2D eigenvalue weighted by Crippen LogP contribution is -2.16. The molecule has 1 aliphatic rings. The maximum Gasteiger partial charge on any atom is 0.230 e. The van der Waals surface area contributed by atoms with Gasteiger partial charge in [0, 0.05) is 11.0 Å². The van der Waals surface area contributed by atoms with Crippen LogP contribution in [0.3, 0.4) is 0 Å². The lowest BCUT2D eigenvalue weighted by atomic mass is 9.93. The van der Waals surface area contributed by atoms with Crippen molar-refractivity contribution in [2.24, 2.45) is 0 Å². The molecule has 0 aliphatic carbocycles. The molecule has 0 radical (unpaired) electrons. The van der Waals surface area contributed by atoms with E-state index in [0.29, 0.717) is 0 Å². The van der Waals surface area contributed by atoms with Crippen molar-refractivity contribution in [2.45, 2.75) is 0 Å². The third-order valence-corrected chi connectivity index (χ3v) is 10.2. The van der Waals surface area contributed by atoms with E-state index in [9.17, 15) is 0 Å². The van der Waals surface area contributed by atoms with E-state index in [0.717, 1.165) is 28.0 Å². The molecule has 0 saturated heterocycles. The van der Waals surface area contributed by atoms with Crippen molar-refractivity contribution in [3.63, 3.8) is 0 Å². The molecule has 0 amide bonds. The molecule has 0 saturated carbocycles. The maximum absolute atomic E-state index is 6.96. The second-order valence-electron chi connectivity index (χ2n) is 11.1. The van der Waals surface area contributed by atoms with E-state index >= 15 is 0 Å². The number of hydrogen-bond donors (Lipinski definition) is 0. The number of hydrogen-bond acceptors (Lipinski definition) is 2. The summed E-state index contributed by atoms with van der Waals surface area (Å²) in [6.07, 6.45) is 0. The van der Waals surface area contributed by atoms with E-state index < -0.39 is 8.30 Å². The van der Waals surface area contributed by atoms with Crippen LogP contribution in [-0.2, 0) is 0 Å². The number of nitrogens with zero attached hydrogens (tertiary/aromatic N) is 1. The van der Waals surface area contributed by atoms with Gasteiger partial charge in [0.05, 0.1) is 5.69 Å². The van der Waals surface area contributed by atoms with Crippen LogP contribution in [0, 0.1) is 0 Å². The molecule has 7 aromatic carbocycles. The molecule has 7 aromatic rings. The van der Waals surface area contributed by atoms with Crippen LogP contribution >= 0.6 is 8.30 Å². The van der Waals surface area contributed by atoms with Gasteiger partial charge in [0.25, 0.3) is 0 Å². The Labute approximate surface area is 265 Å². The van der Waals surface area contributed by atoms with Crippen LogP contribution in [0.4, 0.5) is 11.4 Å². The first-order valence-corrected chi connectivity index (χ1v) is 16.4. The number of benzene rings is 7. The van der Waals surface area contributed by atoms with Crippen molar-refractivity contribution in [2.75, 3.05) is 4.67 Å². The van der Waals surface area contributed by atoms with Gasteiger partial charge in [-0.05, 0) is 80.9 Å². The SMILES string of the molecule is c1ccc(-c2ccc(N3c4cc(-c5ccccc5)c(-c5ccccc5)cc4OP3c3ccc(-c4ccccc4)cc3)cc2)cc1. The van der Waals surface area contributed by atoms with Gasteiger partial charge < -0.3 is 4.52 Å². The largest absolute Gasteiger partial charge is 0.446 e. The van der Waals surface area contributed by atoms with E-state index in [1.54, 1.807) is 0 Å². The van der Waals surface area contributed by atoms with Gasteiger partial charge in [-0.15, -0.1) is 0 Å². The molecule has 1 unspecified atom stereocenters. The molecule has 0 fully saturated rings. The van der Waals surface area contributed by atoms with Gasteiger partial charge in [0.2, 0.25) is 8.30 Å². The highest BCUT2D eigenvalue weighted by atomic mass is 31.2. The third-order valence-electron chi connectivity index (χ3n) is 8.28. The van der Waals surface area contributed by atoms with Crippen LogP contribution < -0.4 is 14.5 Å². The Morgan fingerprint density at radius 1 is 0.378 bits per heavy atom. The van der Waals surface area contributed by atoms with Gasteiger partial charge in [-0.1, -0.05) is 146 Å². The standard InChI is InChI=1S/C42H30NOP/c1-5-13-31(14-6-1)33-21-25-37(26-22-33)43-41-29-39(35-17-9-3-10-18-35)40(36-19-11-4-12-20-36)30-42(41)44-45(43)38-27-23-34(24-28-38)32-15-7-2-8-16-32/h1-30H. The van der Waals surface area contributed by atoms with Crippen LogP contribution in [0.5, 0.6) is 5.75 Å². The summed E-state index contributed by atoms with van der Waals surface area (Å²) < 4.78 is 9.37. The molecule has 0 N–H and O–H groups in total. The fourth-order valence-corrected chi connectivity index (χ4v) is 7.85. The lowest BCUT2D eigenvalue weighted by Gasteiger charge is -2.25. The quantitative estimate of drug-likeness (QED) is 0.177. The Morgan fingerprint density at radius 3 is 1.27 bits per heavy atom. The molecule has 45 heavy (non-hydrogen) atoms. The van der Waals surface area contributed by atoms with Gasteiger partial charge in [-0.25, -0.2) is 0 Å². The van der Waals surface area contributed by atoms with E-state index in [1.807, 2.05) is 0 Å². The summed E-state index contributed by atoms with van der Waals surface area (Å²) >= 11 is 0. The molecular formula is C42H30NOP. The summed E-state index contributed by atoms with van der Waals surface area (Å²) in [6, 6.07) is 64.6. The van der Waals surface area contributed by atoms with Crippen molar-refractivity contribution in [1.29, 1.82) is 0 Å². The van der Waals surface area contributed by atoms with Crippen LogP contribution in [0.15, 0.2) is 182 Å². The van der Waals surface area contributed by atoms with Gasteiger partial charge >= 0.3 is 0 Å². The zero-order valence-corrected chi connectivity index (χ0v) is 25.5. The summed E-state index contributed by atoms with van der Waals surface area (Å²) in [7, 11) is -1.18. The predicted molar refractivity (Wildman–Crippen MR) is 190 cm³/mol. The van der Waals surface area contributed by atoms with Crippen molar-refractivity contribution >= 4 is 25.0 Å². The second-order valence-corrected chi connectivity index (χ2v) is 12.7. The Hall–Kier alpha value is -5.43. The maximum atomic E-state index is 6.96. The van der Waals surface area contributed by atoms with Crippen molar-refractivity contribution < 1.29 is 4.52 Å². The minimum atomic E-state index is -1.18. The number of fused-ring (bicyclic) bond motifs is 1. The lowest BCUT2D eigenvalue weighted by molar-refractivity contribution is 0.643. The van der Waals surface area contributed by atoms with Crippen molar-refractivity contribution in [3.8, 4) is 50.3 Å². The molecular weight excluding hydrogens is 565 g/mol. The topological polar surface area (TPSA) is 12.5 Å². The fourth-order valence-electron chi connectivity index (χ4n) is 6.00. The first-order valence-electron chi connectivity index (χ1n) is 15.2. The Kier molecular flexibility index (Phi) is 7.19. The zero-order chi connectivity index (χ0) is 30.0. The molecule has 2 nitrogen and oxygen atoms in total. The first-order chi connectivity index (χ1) is 22.3. The Morgan fingerprint density at radius 2 is 0.778 bits per heavy atom. The molecule has 0 aromatic heterocycles. The highest BCUT2D eigenvalue weighted by molar-refractivity contribution is 7.63. The Bertz CT molecular complexity index is 2040. The summed E-state index contributed by atoms with van der Waals surface area (Å²) in [4.78, 5) is 0. The van der Waals surface area contributed by atoms with Crippen LogP contribution in [0.2, 0.25) is 0 Å². The molecule has 0 spiro atoms. The average Bonchev–Trinajstić information content (AvgIpc) is 3.51. The van der Waals surface area contributed by atoms with Gasteiger partial charge in [0.1, 0.15) is 0 Å². The van der Waals surface area contributed by atoms with Gasteiger partial charge in [-0.2, -0.15) is 0 Å². The van der Waals surface area contributed by atoms with E-state index in [2.05, 4.69) is 187 Å². The molecule has 1 heterocycles. The highest BCUT2D eigenvalue weighted by Gasteiger charge is 2.36. The third kappa shape index (κ3) is 5.31. The zero-order valence-electron chi connectivity index (χ0n) is 24.6. The molecule has 3 heteroatoms. The molecule has 1 aliphatic heterocycles. The number of rotatable bonds is 6. The molecule has 1 atom stereocenters. The van der Waals surface area contributed by atoms with E-state index in [1.165, 1.54) is 38.9 Å². The number of anilines is 2. The summed E-state index contributed by atoms with van der Waals surface area (Å²) in [5, 5.41) is 1.16. The summed E-state index contributed by atoms with van der Waals surface area (Å²) in [6.45, 7) is 0. The molecule has 8 rings (SSSR count). The average molecular weight is 596 g/mol. The van der Waals surface area contributed by atoms with E-state index in [-0.39, 0.29) is 0 Å². The molecule has 0 bridgehead atoms. The van der Waals surface area contributed by atoms with Crippen LogP contribution in [0.1, 0.15) is 0 Å². The van der Waals surface area contributed by atoms with Gasteiger partial charge in [0.15, 0.2) is 5.75 Å². The smallest absolute Gasteiger partial charge is 0.230 e. The normalized spacial score (nSPS) is 13.7. The summed E-state index contributed by atoms with van der Waals surface area (Å²) in [5.41, 5.74) is 11.7. The monoisotopic (exact) mass is 595 g/mol. The highest BCUT2D eigenvalue weighted by Crippen LogP contribution is 2.61. The second kappa shape index (κ2) is 11.9. The summed E-state index contributed by atoms with van der Waals surface area (Å²) in [5.74, 6) is 0.902. The fraction of sp³-hybridized carbons (Fsp3) is 0. The molecule has 214 valence electrons. The van der Waals surface area contributed by atoms with Crippen molar-refractivity contribution in [3.05, 3.63) is 182 Å². The van der Waals surface area contributed by atoms with Gasteiger partial charge in [-0.3, -0.25) is 4.67 Å². The minimum Gasteiger partial charge on any atom is -0.446 e. The minimum absolute atomic E-state index is 0.902. The van der Waals surface area contributed by atoms with Crippen LogP contribution in [-0.4, -0.2) is 0 Å². The first kappa shape index (κ1) is 27.1. The van der Waals surface area contributed by atoms with Crippen LogP contribution in [0.25, 0.3) is 44.5 Å². The van der Waals surface area contributed by atoms with Crippen molar-refractivity contribution in [1.82, 2.24) is 0 Å². The predicted octanol–water partition coefficient (Wildman–Crippen LogP) is 11.5. The Balaban J connectivity index is 1.27. The van der Waals surface area contributed by atoms with E-state index in [4.69, 9.17) is 4.52 Å².